The van der Waals surface area contributed by atoms with Crippen LogP contribution in [0.25, 0.3) is 0 Å². The van der Waals surface area contributed by atoms with E-state index in [0.717, 1.165) is 36.0 Å². The maximum absolute atomic E-state index is 14.1. The summed E-state index contributed by atoms with van der Waals surface area (Å²) in [5, 5.41) is 15.4. The number of unbranched alkanes of at least 4 members (excludes halogenated alkanes) is 2. The SMILES string of the molecule is CCCCCNC(=O)C(c1ccccc1C)N(CC)C(=O)C(Cc1ccc(O)cc1)NC(=O)OC(C)(C)C. The van der Waals surface area contributed by atoms with Gasteiger partial charge in [-0.25, -0.2) is 4.79 Å². The zero-order valence-electron chi connectivity index (χ0n) is 23.5. The average molecular weight is 526 g/mol. The van der Waals surface area contributed by atoms with E-state index in [1.807, 2.05) is 38.1 Å². The summed E-state index contributed by atoms with van der Waals surface area (Å²) in [6, 6.07) is 12.1. The van der Waals surface area contributed by atoms with Crippen LogP contribution < -0.4 is 10.6 Å². The number of alkyl carbamates (subject to hydrolysis) is 1. The van der Waals surface area contributed by atoms with E-state index < -0.39 is 29.7 Å². The van der Waals surface area contributed by atoms with Crippen molar-refractivity contribution in [2.75, 3.05) is 13.1 Å². The first-order valence-corrected chi connectivity index (χ1v) is 13.4. The van der Waals surface area contributed by atoms with Crippen LogP contribution in [0.2, 0.25) is 0 Å². The van der Waals surface area contributed by atoms with Crippen LogP contribution in [0.1, 0.15) is 76.6 Å². The standard InChI is InChI=1S/C30H43N3O5/c1-7-9-12-19-31-27(35)26(24-14-11-10-13-21(24)3)33(8-2)28(36)25(32-29(37)38-30(4,5)6)20-22-15-17-23(34)18-16-22/h10-11,13-18,25-26,34H,7-9,12,19-20H2,1-6H3,(H,31,35)(H,32,37). The third-order valence-electron chi connectivity index (χ3n) is 6.11. The fourth-order valence-corrected chi connectivity index (χ4v) is 4.21. The van der Waals surface area contributed by atoms with Gasteiger partial charge in [-0.3, -0.25) is 9.59 Å². The molecule has 208 valence electrons. The summed E-state index contributed by atoms with van der Waals surface area (Å²) in [5.41, 5.74) is 1.62. The highest BCUT2D eigenvalue weighted by Gasteiger charge is 2.36. The Labute approximate surface area is 226 Å². The number of nitrogens with zero attached hydrogens (tertiary/aromatic N) is 1. The van der Waals surface area contributed by atoms with Gasteiger partial charge < -0.3 is 25.4 Å². The Morgan fingerprint density at radius 3 is 2.24 bits per heavy atom. The molecule has 8 heteroatoms. The molecule has 38 heavy (non-hydrogen) atoms. The van der Waals surface area contributed by atoms with Gasteiger partial charge in [0.05, 0.1) is 0 Å². The molecule has 0 aliphatic rings. The number of carbonyl (C=O) groups excluding carboxylic acids is 3. The van der Waals surface area contributed by atoms with Crippen molar-refractivity contribution >= 4 is 17.9 Å². The summed E-state index contributed by atoms with van der Waals surface area (Å²) >= 11 is 0. The molecule has 0 heterocycles. The number of ether oxygens (including phenoxy) is 1. The molecule has 0 aromatic heterocycles. The zero-order valence-corrected chi connectivity index (χ0v) is 23.5. The van der Waals surface area contributed by atoms with E-state index in [1.54, 1.807) is 32.9 Å². The number of hydrogen-bond acceptors (Lipinski definition) is 5. The number of benzene rings is 2. The van der Waals surface area contributed by atoms with Crippen molar-refractivity contribution in [2.45, 2.75) is 84.9 Å². The fourth-order valence-electron chi connectivity index (χ4n) is 4.21. The summed E-state index contributed by atoms with van der Waals surface area (Å²) < 4.78 is 5.44. The van der Waals surface area contributed by atoms with Gasteiger partial charge in [0.2, 0.25) is 11.8 Å². The van der Waals surface area contributed by atoms with E-state index in [-0.39, 0.29) is 24.6 Å². The van der Waals surface area contributed by atoms with Crippen molar-refractivity contribution < 1.29 is 24.2 Å². The number of phenolic OH excluding ortho intramolecular Hbond substituents is 1. The number of amides is 3. The van der Waals surface area contributed by atoms with Crippen molar-refractivity contribution in [1.29, 1.82) is 0 Å². The minimum Gasteiger partial charge on any atom is -0.508 e. The number of aryl methyl sites for hydroxylation is 1. The Morgan fingerprint density at radius 2 is 1.66 bits per heavy atom. The Kier molecular flexibility index (Phi) is 11.6. The van der Waals surface area contributed by atoms with Crippen LogP contribution in [-0.4, -0.2) is 52.6 Å². The smallest absolute Gasteiger partial charge is 0.408 e. The lowest BCUT2D eigenvalue weighted by Gasteiger charge is -2.34. The van der Waals surface area contributed by atoms with E-state index in [0.29, 0.717) is 6.54 Å². The van der Waals surface area contributed by atoms with Crippen LogP contribution in [0.15, 0.2) is 48.5 Å². The van der Waals surface area contributed by atoms with Gasteiger partial charge in [0.1, 0.15) is 23.4 Å². The number of aromatic hydroxyl groups is 1. The van der Waals surface area contributed by atoms with Crippen molar-refractivity contribution in [3.8, 4) is 5.75 Å². The van der Waals surface area contributed by atoms with Crippen molar-refractivity contribution in [3.05, 3.63) is 65.2 Å². The molecule has 0 aliphatic heterocycles. The highest BCUT2D eigenvalue weighted by molar-refractivity contribution is 5.92. The first kappa shape index (κ1) is 30.7. The number of nitrogens with one attached hydrogen (secondary N) is 2. The predicted molar refractivity (Wildman–Crippen MR) is 149 cm³/mol. The summed E-state index contributed by atoms with van der Waals surface area (Å²) in [4.78, 5) is 41.9. The Bertz CT molecular complexity index is 1060. The molecular formula is C30H43N3O5. The van der Waals surface area contributed by atoms with Crippen LogP contribution in [0, 0.1) is 6.92 Å². The number of phenols is 1. The highest BCUT2D eigenvalue weighted by atomic mass is 16.6. The average Bonchev–Trinajstić information content (AvgIpc) is 2.85. The van der Waals surface area contributed by atoms with Crippen LogP contribution in [0.3, 0.4) is 0 Å². The van der Waals surface area contributed by atoms with E-state index in [2.05, 4.69) is 17.6 Å². The molecular weight excluding hydrogens is 482 g/mol. The topological polar surface area (TPSA) is 108 Å². The molecule has 0 bridgehead atoms. The predicted octanol–water partition coefficient (Wildman–Crippen LogP) is 5.03. The van der Waals surface area contributed by atoms with E-state index in [9.17, 15) is 19.5 Å². The van der Waals surface area contributed by atoms with Crippen molar-refractivity contribution in [1.82, 2.24) is 15.5 Å². The minimum absolute atomic E-state index is 0.103. The first-order chi connectivity index (χ1) is 18.0. The Morgan fingerprint density at radius 1 is 1.00 bits per heavy atom. The van der Waals surface area contributed by atoms with E-state index in [4.69, 9.17) is 4.74 Å². The van der Waals surface area contributed by atoms with Crippen LogP contribution in [0.5, 0.6) is 5.75 Å². The molecule has 0 aliphatic carbocycles. The normalized spacial score (nSPS) is 12.8. The molecule has 0 radical (unpaired) electrons. The van der Waals surface area contributed by atoms with Gasteiger partial charge in [0, 0.05) is 19.5 Å². The lowest BCUT2D eigenvalue weighted by Crippen LogP contribution is -2.53. The molecule has 0 saturated carbocycles. The molecule has 0 spiro atoms. The van der Waals surface area contributed by atoms with Gasteiger partial charge in [0.15, 0.2) is 0 Å². The second kappa shape index (κ2) is 14.4. The maximum Gasteiger partial charge on any atom is 0.408 e. The zero-order chi connectivity index (χ0) is 28.3. The van der Waals surface area contributed by atoms with Gasteiger partial charge in [-0.15, -0.1) is 0 Å². The third kappa shape index (κ3) is 9.39. The quantitative estimate of drug-likeness (QED) is 0.337. The lowest BCUT2D eigenvalue weighted by atomic mass is 9.97. The van der Waals surface area contributed by atoms with Crippen LogP contribution in [-0.2, 0) is 20.7 Å². The largest absolute Gasteiger partial charge is 0.508 e. The summed E-state index contributed by atoms with van der Waals surface area (Å²) in [7, 11) is 0. The first-order valence-electron chi connectivity index (χ1n) is 13.4. The molecule has 3 amide bonds. The second-order valence-electron chi connectivity index (χ2n) is 10.5. The molecule has 0 fully saturated rings. The van der Waals surface area contributed by atoms with Crippen molar-refractivity contribution in [2.24, 2.45) is 0 Å². The highest BCUT2D eigenvalue weighted by Crippen LogP contribution is 2.26. The van der Waals surface area contributed by atoms with Gasteiger partial charge in [0.25, 0.3) is 0 Å². The number of rotatable bonds is 12. The van der Waals surface area contributed by atoms with Crippen molar-refractivity contribution in [3.63, 3.8) is 0 Å². The number of carbonyl (C=O) groups is 3. The number of likely N-dealkylation sites (N-methyl/N-ethyl adjacent to an activating group) is 1. The molecule has 2 aromatic carbocycles. The molecule has 2 aromatic rings. The summed E-state index contributed by atoms with van der Waals surface area (Å²) in [6.45, 7) is 11.9. The van der Waals surface area contributed by atoms with Gasteiger partial charge >= 0.3 is 6.09 Å². The van der Waals surface area contributed by atoms with Gasteiger partial charge in [-0.2, -0.15) is 0 Å². The van der Waals surface area contributed by atoms with Gasteiger partial charge in [-0.1, -0.05) is 56.2 Å². The molecule has 0 saturated heterocycles. The lowest BCUT2D eigenvalue weighted by molar-refractivity contribution is -0.142. The second-order valence-corrected chi connectivity index (χ2v) is 10.5. The third-order valence-corrected chi connectivity index (χ3v) is 6.11. The van der Waals surface area contributed by atoms with Crippen LogP contribution in [0.4, 0.5) is 4.79 Å². The van der Waals surface area contributed by atoms with Gasteiger partial charge in [-0.05, 0) is 69.9 Å². The summed E-state index contributed by atoms with van der Waals surface area (Å²) in [6.07, 6.45) is 2.33. The molecule has 2 unspecified atom stereocenters. The molecule has 2 atom stereocenters. The minimum atomic E-state index is -0.992. The van der Waals surface area contributed by atoms with Crippen LogP contribution >= 0.6 is 0 Å². The fraction of sp³-hybridized carbons (Fsp3) is 0.500. The number of hydrogen-bond donors (Lipinski definition) is 3. The monoisotopic (exact) mass is 525 g/mol. The van der Waals surface area contributed by atoms with E-state index in [1.165, 1.54) is 17.0 Å². The Hall–Kier alpha value is -3.55. The molecule has 8 nitrogen and oxygen atoms in total. The molecule has 3 N–H and O–H groups in total. The Balaban J connectivity index is 2.43. The molecule has 2 rings (SSSR count). The maximum atomic E-state index is 14.1. The summed E-state index contributed by atoms with van der Waals surface area (Å²) in [5.74, 6) is -0.555. The van der Waals surface area contributed by atoms with E-state index >= 15 is 0 Å².